The maximum Gasteiger partial charge on any atom is 0.335 e. The van der Waals surface area contributed by atoms with Gasteiger partial charge in [0.2, 0.25) is 11.7 Å². The van der Waals surface area contributed by atoms with E-state index in [-0.39, 0.29) is 23.1 Å². The first-order valence-electron chi connectivity index (χ1n) is 5.39. The van der Waals surface area contributed by atoms with Gasteiger partial charge in [-0.1, -0.05) is 20.8 Å². The highest BCUT2D eigenvalue weighted by molar-refractivity contribution is 5.82. The first-order chi connectivity index (χ1) is 8.14. The normalized spacial score (nSPS) is 11.2. The molecule has 0 spiro atoms. The van der Waals surface area contributed by atoms with Gasteiger partial charge in [0, 0.05) is 12.5 Å². The van der Waals surface area contributed by atoms with Crippen molar-refractivity contribution < 1.29 is 9.72 Å². The minimum atomic E-state index is -0.588. The van der Waals surface area contributed by atoms with Gasteiger partial charge in [0.25, 0.3) is 0 Å². The monoisotopic (exact) mass is 255 g/mol. The van der Waals surface area contributed by atoms with Crippen molar-refractivity contribution in [2.45, 2.75) is 27.7 Å². The standard InChI is InChI=1S/C10H17N5O3/c1-6-7(15(17)18)8(14(5)13-6)11-12-9(16)10(2,3)4/h11H,1-5H3,(H,12,16). The van der Waals surface area contributed by atoms with Crippen LogP contribution in [0.2, 0.25) is 0 Å². The van der Waals surface area contributed by atoms with E-state index in [9.17, 15) is 14.9 Å². The van der Waals surface area contributed by atoms with E-state index in [0.29, 0.717) is 0 Å². The fourth-order valence-electron chi connectivity index (χ4n) is 1.31. The Morgan fingerprint density at radius 2 is 2.00 bits per heavy atom. The van der Waals surface area contributed by atoms with E-state index in [1.54, 1.807) is 27.8 Å². The number of rotatable bonds is 3. The number of hydrazine groups is 1. The lowest BCUT2D eigenvalue weighted by atomic mass is 9.96. The van der Waals surface area contributed by atoms with E-state index in [1.807, 2.05) is 0 Å². The number of nitro groups is 1. The van der Waals surface area contributed by atoms with E-state index in [4.69, 9.17) is 0 Å². The maximum absolute atomic E-state index is 11.7. The molecule has 100 valence electrons. The van der Waals surface area contributed by atoms with Crippen molar-refractivity contribution in [1.29, 1.82) is 0 Å². The highest BCUT2D eigenvalue weighted by atomic mass is 16.6. The van der Waals surface area contributed by atoms with Crippen LogP contribution >= 0.6 is 0 Å². The van der Waals surface area contributed by atoms with Gasteiger partial charge in [-0.3, -0.25) is 25.8 Å². The third kappa shape index (κ3) is 2.76. The molecule has 0 aromatic carbocycles. The summed E-state index contributed by atoms with van der Waals surface area (Å²) in [5.74, 6) is -0.120. The largest absolute Gasteiger partial charge is 0.335 e. The molecule has 1 rings (SSSR count). The Bertz CT molecular complexity index is 486. The molecular weight excluding hydrogens is 238 g/mol. The van der Waals surface area contributed by atoms with E-state index in [1.165, 1.54) is 11.6 Å². The number of aryl methyl sites for hydroxylation is 2. The quantitative estimate of drug-likeness (QED) is 0.622. The highest BCUT2D eigenvalue weighted by Gasteiger charge is 2.26. The van der Waals surface area contributed by atoms with Crippen LogP contribution in [0.3, 0.4) is 0 Å². The number of aromatic nitrogens is 2. The van der Waals surface area contributed by atoms with E-state index in [0.717, 1.165) is 0 Å². The number of nitrogens with zero attached hydrogens (tertiary/aromatic N) is 3. The molecule has 0 saturated heterocycles. The second-order valence-corrected chi connectivity index (χ2v) is 4.99. The SMILES string of the molecule is Cc1nn(C)c(NNC(=O)C(C)(C)C)c1[N+](=O)[O-]. The second kappa shape index (κ2) is 4.63. The molecule has 18 heavy (non-hydrogen) atoms. The number of hydrogen-bond acceptors (Lipinski definition) is 5. The lowest BCUT2D eigenvalue weighted by Crippen LogP contribution is -2.39. The summed E-state index contributed by atoms with van der Waals surface area (Å²) in [5, 5.41) is 14.8. The molecule has 0 bridgehead atoms. The molecule has 0 atom stereocenters. The third-order valence-electron chi connectivity index (χ3n) is 2.35. The van der Waals surface area contributed by atoms with Gasteiger partial charge in [-0.15, -0.1) is 0 Å². The Morgan fingerprint density at radius 3 is 2.44 bits per heavy atom. The lowest BCUT2D eigenvalue weighted by molar-refractivity contribution is -0.384. The molecule has 1 heterocycles. The molecule has 1 aromatic heterocycles. The summed E-state index contributed by atoms with van der Waals surface area (Å²) in [6.07, 6.45) is 0. The van der Waals surface area contributed by atoms with E-state index >= 15 is 0 Å². The van der Waals surface area contributed by atoms with Crippen molar-refractivity contribution in [1.82, 2.24) is 15.2 Å². The molecule has 0 fully saturated rings. The van der Waals surface area contributed by atoms with Crippen molar-refractivity contribution >= 4 is 17.4 Å². The summed E-state index contributed by atoms with van der Waals surface area (Å²) < 4.78 is 1.32. The van der Waals surface area contributed by atoms with Gasteiger partial charge in [-0.05, 0) is 6.92 Å². The van der Waals surface area contributed by atoms with Crippen LogP contribution in [-0.4, -0.2) is 20.6 Å². The van der Waals surface area contributed by atoms with Crippen LogP contribution in [0.15, 0.2) is 0 Å². The number of carbonyl (C=O) groups is 1. The molecule has 0 unspecified atom stereocenters. The Morgan fingerprint density at radius 1 is 1.44 bits per heavy atom. The zero-order chi connectivity index (χ0) is 14.1. The average molecular weight is 255 g/mol. The summed E-state index contributed by atoms with van der Waals surface area (Å²) in [6, 6.07) is 0. The minimum absolute atomic E-state index is 0.147. The number of hydrogen-bond donors (Lipinski definition) is 2. The van der Waals surface area contributed by atoms with E-state index in [2.05, 4.69) is 16.0 Å². The highest BCUT2D eigenvalue weighted by Crippen LogP contribution is 2.26. The van der Waals surface area contributed by atoms with Crippen LogP contribution in [0, 0.1) is 22.5 Å². The van der Waals surface area contributed by atoms with Gasteiger partial charge < -0.3 is 0 Å². The van der Waals surface area contributed by atoms with Crippen LogP contribution in [-0.2, 0) is 11.8 Å². The zero-order valence-corrected chi connectivity index (χ0v) is 11.1. The molecule has 0 aliphatic carbocycles. The number of amides is 1. The average Bonchev–Trinajstić information content (AvgIpc) is 2.48. The molecule has 0 radical (unpaired) electrons. The maximum atomic E-state index is 11.7. The molecular formula is C10H17N5O3. The number of nitrogens with one attached hydrogen (secondary N) is 2. The van der Waals surface area contributed by atoms with Gasteiger partial charge in [0.1, 0.15) is 5.69 Å². The predicted octanol–water partition coefficient (Wildman–Crippen LogP) is 1.13. The van der Waals surface area contributed by atoms with Crippen molar-refractivity contribution in [3.05, 3.63) is 15.8 Å². The minimum Gasteiger partial charge on any atom is -0.276 e. The fraction of sp³-hybridized carbons (Fsp3) is 0.600. The Labute approximate surface area is 104 Å². The first kappa shape index (κ1) is 13.9. The molecule has 1 aromatic rings. The third-order valence-corrected chi connectivity index (χ3v) is 2.35. The van der Waals surface area contributed by atoms with Crippen LogP contribution < -0.4 is 10.9 Å². The zero-order valence-electron chi connectivity index (χ0n) is 11.1. The van der Waals surface area contributed by atoms with Crippen LogP contribution in [0.25, 0.3) is 0 Å². The molecule has 2 N–H and O–H groups in total. The fourth-order valence-corrected chi connectivity index (χ4v) is 1.31. The molecule has 0 aliphatic rings. The number of anilines is 1. The van der Waals surface area contributed by atoms with Crippen molar-refractivity contribution in [2.24, 2.45) is 12.5 Å². The van der Waals surface area contributed by atoms with Crippen molar-refractivity contribution in [2.75, 3.05) is 5.43 Å². The lowest BCUT2D eigenvalue weighted by Gasteiger charge is -2.18. The van der Waals surface area contributed by atoms with Crippen molar-refractivity contribution in [3.8, 4) is 0 Å². The van der Waals surface area contributed by atoms with Gasteiger partial charge in [0.15, 0.2) is 0 Å². The van der Waals surface area contributed by atoms with Crippen LogP contribution in [0.4, 0.5) is 11.5 Å². The van der Waals surface area contributed by atoms with E-state index < -0.39 is 10.3 Å². The topological polar surface area (TPSA) is 102 Å². The Kier molecular flexibility index (Phi) is 3.59. The van der Waals surface area contributed by atoms with Gasteiger partial charge >= 0.3 is 5.69 Å². The molecule has 0 saturated carbocycles. The number of carbonyl (C=O) groups excluding carboxylic acids is 1. The Hall–Kier alpha value is -2.12. The smallest absolute Gasteiger partial charge is 0.276 e. The van der Waals surface area contributed by atoms with Gasteiger partial charge in [-0.2, -0.15) is 5.10 Å². The van der Waals surface area contributed by atoms with Gasteiger partial charge in [0.05, 0.1) is 4.92 Å². The van der Waals surface area contributed by atoms with Crippen molar-refractivity contribution in [3.63, 3.8) is 0 Å². The first-order valence-corrected chi connectivity index (χ1v) is 5.39. The molecule has 8 nitrogen and oxygen atoms in total. The van der Waals surface area contributed by atoms with Gasteiger partial charge in [-0.25, -0.2) is 4.68 Å². The summed E-state index contributed by atoms with van der Waals surface area (Å²) in [5.41, 5.74) is 4.54. The summed E-state index contributed by atoms with van der Waals surface area (Å²) in [6.45, 7) is 6.77. The Balaban J connectivity index is 2.92. The predicted molar refractivity (Wildman–Crippen MR) is 65.8 cm³/mol. The van der Waals surface area contributed by atoms with Crippen LogP contribution in [0.5, 0.6) is 0 Å². The summed E-state index contributed by atoms with van der Waals surface area (Å²) in [7, 11) is 1.56. The summed E-state index contributed by atoms with van der Waals surface area (Å²) >= 11 is 0. The van der Waals surface area contributed by atoms with Crippen LogP contribution in [0.1, 0.15) is 26.5 Å². The molecule has 1 amide bonds. The second-order valence-electron chi connectivity index (χ2n) is 4.99. The summed E-state index contributed by atoms with van der Waals surface area (Å²) in [4.78, 5) is 22.0. The molecule has 0 aliphatic heterocycles. The molecule has 8 heteroatoms.